The lowest BCUT2D eigenvalue weighted by Gasteiger charge is -1.99. The highest BCUT2D eigenvalue weighted by molar-refractivity contribution is 5.81. The standard InChI is InChI=1S/C11H10N4/c12-15-8-9-3-1-4-10(7-9)11-13-5-2-6-14-11/h1-8H,12H2. The summed E-state index contributed by atoms with van der Waals surface area (Å²) in [6.45, 7) is 0. The molecule has 4 heteroatoms. The van der Waals surface area contributed by atoms with Crippen molar-refractivity contribution < 1.29 is 0 Å². The Morgan fingerprint density at radius 3 is 2.67 bits per heavy atom. The number of hydrogen-bond acceptors (Lipinski definition) is 4. The van der Waals surface area contributed by atoms with Gasteiger partial charge < -0.3 is 5.84 Å². The lowest BCUT2D eigenvalue weighted by atomic mass is 10.1. The number of aromatic nitrogens is 2. The van der Waals surface area contributed by atoms with Crippen LogP contribution in [-0.2, 0) is 0 Å². The number of hydrogen-bond donors (Lipinski definition) is 1. The van der Waals surface area contributed by atoms with E-state index in [1.807, 2.05) is 24.3 Å². The maximum Gasteiger partial charge on any atom is 0.159 e. The Morgan fingerprint density at radius 2 is 1.93 bits per heavy atom. The van der Waals surface area contributed by atoms with Crippen molar-refractivity contribution in [1.82, 2.24) is 9.97 Å². The highest BCUT2D eigenvalue weighted by Crippen LogP contribution is 2.14. The molecule has 4 nitrogen and oxygen atoms in total. The summed E-state index contributed by atoms with van der Waals surface area (Å²) in [6.07, 6.45) is 5.02. The first kappa shape index (κ1) is 9.33. The van der Waals surface area contributed by atoms with Gasteiger partial charge in [-0.25, -0.2) is 9.97 Å². The Hall–Kier alpha value is -2.23. The van der Waals surface area contributed by atoms with Crippen LogP contribution in [0.2, 0.25) is 0 Å². The second kappa shape index (κ2) is 4.32. The molecule has 0 aliphatic rings. The highest BCUT2D eigenvalue weighted by Gasteiger charge is 1.99. The van der Waals surface area contributed by atoms with Gasteiger partial charge in [-0.05, 0) is 17.7 Å². The zero-order chi connectivity index (χ0) is 10.5. The van der Waals surface area contributed by atoms with E-state index in [0.29, 0.717) is 5.82 Å². The minimum absolute atomic E-state index is 0.699. The molecule has 0 spiro atoms. The van der Waals surface area contributed by atoms with Gasteiger partial charge >= 0.3 is 0 Å². The van der Waals surface area contributed by atoms with E-state index in [4.69, 9.17) is 5.84 Å². The van der Waals surface area contributed by atoms with Gasteiger partial charge in [-0.1, -0.05) is 18.2 Å². The summed E-state index contributed by atoms with van der Waals surface area (Å²) < 4.78 is 0. The summed E-state index contributed by atoms with van der Waals surface area (Å²) in [4.78, 5) is 8.33. The van der Waals surface area contributed by atoms with Gasteiger partial charge in [0.2, 0.25) is 0 Å². The molecule has 0 amide bonds. The summed E-state index contributed by atoms with van der Waals surface area (Å²) in [5, 5.41) is 3.47. The van der Waals surface area contributed by atoms with Crippen molar-refractivity contribution in [2.45, 2.75) is 0 Å². The Bertz CT molecular complexity index is 465. The van der Waals surface area contributed by atoms with Crippen molar-refractivity contribution in [3.8, 4) is 11.4 Å². The van der Waals surface area contributed by atoms with Crippen molar-refractivity contribution in [1.29, 1.82) is 0 Å². The average molecular weight is 198 g/mol. The monoisotopic (exact) mass is 198 g/mol. The molecule has 15 heavy (non-hydrogen) atoms. The lowest BCUT2D eigenvalue weighted by Crippen LogP contribution is -1.90. The van der Waals surface area contributed by atoms with Crippen molar-refractivity contribution >= 4 is 6.21 Å². The van der Waals surface area contributed by atoms with Crippen LogP contribution in [-0.4, -0.2) is 16.2 Å². The SMILES string of the molecule is NN=Cc1cccc(-c2ncccn2)c1. The molecule has 0 bridgehead atoms. The molecule has 74 valence electrons. The highest BCUT2D eigenvalue weighted by atomic mass is 15.1. The molecule has 0 atom stereocenters. The summed E-state index contributed by atoms with van der Waals surface area (Å²) >= 11 is 0. The van der Waals surface area contributed by atoms with Crippen molar-refractivity contribution in [2.75, 3.05) is 0 Å². The van der Waals surface area contributed by atoms with Gasteiger partial charge in [0, 0.05) is 18.0 Å². The molecule has 0 radical (unpaired) electrons. The molecular weight excluding hydrogens is 188 g/mol. The van der Waals surface area contributed by atoms with E-state index in [0.717, 1.165) is 11.1 Å². The maximum absolute atomic E-state index is 5.09. The van der Waals surface area contributed by atoms with E-state index in [2.05, 4.69) is 15.1 Å². The minimum Gasteiger partial charge on any atom is -0.323 e. The Morgan fingerprint density at radius 1 is 1.13 bits per heavy atom. The van der Waals surface area contributed by atoms with Gasteiger partial charge in [0.25, 0.3) is 0 Å². The molecule has 0 fully saturated rings. The normalized spacial score (nSPS) is 10.7. The average Bonchev–Trinajstić information content (AvgIpc) is 2.31. The largest absolute Gasteiger partial charge is 0.323 e. The molecule has 1 aromatic heterocycles. The Kier molecular flexibility index (Phi) is 2.69. The molecule has 0 aliphatic heterocycles. The molecule has 0 saturated heterocycles. The topological polar surface area (TPSA) is 64.2 Å². The number of hydrazone groups is 1. The summed E-state index contributed by atoms with van der Waals surface area (Å²) in [6, 6.07) is 9.51. The first-order chi connectivity index (χ1) is 7.40. The molecule has 1 aromatic carbocycles. The van der Waals surface area contributed by atoms with Gasteiger partial charge in [0.05, 0.1) is 6.21 Å². The Labute approximate surface area is 87.5 Å². The first-order valence-corrected chi connectivity index (χ1v) is 4.51. The fourth-order valence-electron chi connectivity index (χ4n) is 1.29. The van der Waals surface area contributed by atoms with Crippen LogP contribution in [0.4, 0.5) is 0 Å². The van der Waals surface area contributed by atoms with Gasteiger partial charge in [-0.2, -0.15) is 5.10 Å². The fraction of sp³-hybridized carbons (Fsp3) is 0. The molecule has 2 rings (SSSR count). The van der Waals surface area contributed by atoms with Crippen LogP contribution in [0.3, 0.4) is 0 Å². The van der Waals surface area contributed by atoms with E-state index >= 15 is 0 Å². The zero-order valence-electron chi connectivity index (χ0n) is 8.04. The van der Waals surface area contributed by atoms with E-state index < -0.39 is 0 Å². The smallest absolute Gasteiger partial charge is 0.159 e. The number of rotatable bonds is 2. The minimum atomic E-state index is 0.699. The molecule has 1 heterocycles. The van der Waals surface area contributed by atoms with E-state index in [-0.39, 0.29) is 0 Å². The summed E-state index contributed by atoms with van der Waals surface area (Å²) in [5.74, 6) is 5.79. The second-order valence-electron chi connectivity index (χ2n) is 2.98. The van der Waals surface area contributed by atoms with E-state index in [1.54, 1.807) is 24.7 Å². The molecule has 0 unspecified atom stereocenters. The van der Waals surface area contributed by atoms with Crippen molar-refractivity contribution in [3.63, 3.8) is 0 Å². The third-order valence-electron chi connectivity index (χ3n) is 1.93. The van der Waals surface area contributed by atoms with Crippen LogP contribution in [0.5, 0.6) is 0 Å². The third-order valence-corrected chi connectivity index (χ3v) is 1.93. The predicted octanol–water partition coefficient (Wildman–Crippen LogP) is 1.44. The molecule has 0 saturated carbocycles. The van der Waals surface area contributed by atoms with E-state index in [1.165, 1.54) is 0 Å². The van der Waals surface area contributed by atoms with Crippen LogP contribution >= 0.6 is 0 Å². The van der Waals surface area contributed by atoms with Crippen LogP contribution in [0, 0.1) is 0 Å². The first-order valence-electron chi connectivity index (χ1n) is 4.51. The second-order valence-corrected chi connectivity index (χ2v) is 2.98. The summed E-state index contributed by atoms with van der Waals surface area (Å²) in [5.41, 5.74) is 1.88. The van der Waals surface area contributed by atoms with Crippen LogP contribution in [0.25, 0.3) is 11.4 Å². The third kappa shape index (κ3) is 2.17. The van der Waals surface area contributed by atoms with Gasteiger partial charge in [-0.15, -0.1) is 0 Å². The molecular formula is C11H10N4. The number of nitrogens with zero attached hydrogens (tertiary/aromatic N) is 3. The fourth-order valence-corrected chi connectivity index (χ4v) is 1.29. The van der Waals surface area contributed by atoms with Gasteiger partial charge in [0.1, 0.15) is 0 Å². The molecule has 2 N–H and O–H groups in total. The van der Waals surface area contributed by atoms with Crippen molar-refractivity contribution in [3.05, 3.63) is 48.3 Å². The lowest BCUT2D eigenvalue weighted by molar-refractivity contribution is 1.18. The van der Waals surface area contributed by atoms with Crippen molar-refractivity contribution in [2.24, 2.45) is 10.9 Å². The Balaban J connectivity index is 2.41. The molecule has 2 aromatic rings. The number of nitrogens with two attached hydrogens (primary N) is 1. The summed E-state index contributed by atoms with van der Waals surface area (Å²) in [7, 11) is 0. The van der Waals surface area contributed by atoms with Crippen LogP contribution in [0.15, 0.2) is 47.8 Å². The van der Waals surface area contributed by atoms with Crippen LogP contribution in [0.1, 0.15) is 5.56 Å². The zero-order valence-corrected chi connectivity index (χ0v) is 8.04. The quantitative estimate of drug-likeness (QED) is 0.451. The number of benzene rings is 1. The van der Waals surface area contributed by atoms with Crippen LogP contribution < -0.4 is 5.84 Å². The maximum atomic E-state index is 5.09. The van der Waals surface area contributed by atoms with Gasteiger partial charge in [0.15, 0.2) is 5.82 Å². The molecule has 0 aliphatic carbocycles. The van der Waals surface area contributed by atoms with E-state index in [9.17, 15) is 0 Å². The van der Waals surface area contributed by atoms with Gasteiger partial charge in [-0.3, -0.25) is 0 Å². The predicted molar refractivity (Wildman–Crippen MR) is 59.2 cm³/mol.